The maximum atomic E-state index is 12.0. The van der Waals surface area contributed by atoms with Gasteiger partial charge in [0.25, 0.3) is 5.91 Å². The zero-order valence-electron chi connectivity index (χ0n) is 11.1. The largest absolute Gasteiger partial charge is 0.347 e. The highest BCUT2D eigenvalue weighted by molar-refractivity contribution is 5.94. The van der Waals surface area contributed by atoms with Crippen LogP contribution in [0.1, 0.15) is 56.5 Å². The number of carbonyl (C=O) groups is 1. The van der Waals surface area contributed by atoms with Gasteiger partial charge in [-0.1, -0.05) is 32.9 Å². The van der Waals surface area contributed by atoms with Gasteiger partial charge >= 0.3 is 0 Å². The van der Waals surface area contributed by atoms with Gasteiger partial charge in [0, 0.05) is 11.1 Å². The first-order chi connectivity index (χ1) is 7.80. The van der Waals surface area contributed by atoms with Crippen molar-refractivity contribution in [3.05, 3.63) is 35.4 Å². The first-order valence-electron chi connectivity index (χ1n) is 6.23. The second kappa shape index (κ2) is 3.86. The molecule has 1 saturated carbocycles. The predicted octanol–water partition coefficient (Wildman–Crippen LogP) is 3.27. The Bertz CT molecular complexity index is 421. The molecule has 0 atom stereocenters. The molecule has 0 aromatic heterocycles. The molecule has 1 aromatic rings. The third-order valence-electron chi connectivity index (χ3n) is 3.43. The van der Waals surface area contributed by atoms with E-state index in [1.165, 1.54) is 5.56 Å². The average Bonchev–Trinajstić information content (AvgIpc) is 2.95. The van der Waals surface area contributed by atoms with Crippen LogP contribution in [0.25, 0.3) is 0 Å². The fourth-order valence-electron chi connectivity index (χ4n) is 1.78. The molecular formula is C15H21NO. The van der Waals surface area contributed by atoms with Crippen LogP contribution in [0, 0.1) is 0 Å². The molecule has 1 fully saturated rings. The summed E-state index contributed by atoms with van der Waals surface area (Å²) in [7, 11) is 0. The van der Waals surface area contributed by atoms with Crippen LogP contribution in [0.2, 0.25) is 0 Å². The molecule has 0 aliphatic heterocycles. The zero-order valence-corrected chi connectivity index (χ0v) is 11.1. The molecular weight excluding hydrogens is 210 g/mol. The lowest BCUT2D eigenvalue weighted by Crippen LogP contribution is -2.34. The summed E-state index contributed by atoms with van der Waals surface area (Å²) in [5.74, 6) is 0.0467. The monoisotopic (exact) mass is 231 g/mol. The van der Waals surface area contributed by atoms with Crippen molar-refractivity contribution >= 4 is 5.91 Å². The summed E-state index contributed by atoms with van der Waals surface area (Å²) in [6.07, 6.45) is 2.19. The van der Waals surface area contributed by atoms with E-state index in [4.69, 9.17) is 0 Å². The van der Waals surface area contributed by atoms with Crippen LogP contribution in [0.3, 0.4) is 0 Å². The van der Waals surface area contributed by atoms with Gasteiger partial charge in [-0.3, -0.25) is 4.79 Å². The molecule has 1 N–H and O–H groups in total. The second-order valence-corrected chi connectivity index (χ2v) is 6.34. The van der Waals surface area contributed by atoms with Gasteiger partial charge in [0.2, 0.25) is 0 Å². The minimum absolute atomic E-state index is 0.0467. The Labute approximate surface area is 103 Å². The third kappa shape index (κ3) is 2.87. The summed E-state index contributed by atoms with van der Waals surface area (Å²) in [5, 5.41) is 3.07. The molecule has 0 bridgehead atoms. The molecule has 92 valence electrons. The summed E-state index contributed by atoms with van der Waals surface area (Å²) in [5.41, 5.74) is 2.20. The van der Waals surface area contributed by atoms with Gasteiger partial charge in [0.05, 0.1) is 0 Å². The first-order valence-corrected chi connectivity index (χ1v) is 6.23. The smallest absolute Gasteiger partial charge is 0.251 e. The van der Waals surface area contributed by atoms with Crippen LogP contribution in [-0.2, 0) is 5.41 Å². The van der Waals surface area contributed by atoms with E-state index in [2.05, 4.69) is 33.0 Å². The number of carbonyl (C=O) groups excluding carboxylic acids is 1. The molecule has 1 aromatic carbocycles. The lowest BCUT2D eigenvalue weighted by atomic mass is 9.86. The molecule has 1 aliphatic carbocycles. The fourth-order valence-corrected chi connectivity index (χ4v) is 1.78. The first kappa shape index (κ1) is 12.2. The Morgan fingerprint density at radius 3 is 2.12 bits per heavy atom. The maximum Gasteiger partial charge on any atom is 0.251 e. The van der Waals surface area contributed by atoms with Crippen LogP contribution in [0.5, 0.6) is 0 Å². The molecule has 1 aliphatic rings. The molecule has 0 saturated heterocycles. The molecule has 2 rings (SSSR count). The fraction of sp³-hybridized carbons (Fsp3) is 0.533. The van der Waals surface area contributed by atoms with Crippen LogP contribution in [-0.4, -0.2) is 11.4 Å². The quantitative estimate of drug-likeness (QED) is 0.831. The standard InChI is InChI=1S/C15H21NO/c1-14(2,3)12-7-5-11(6-8-12)13(17)16-15(4)9-10-15/h5-8H,9-10H2,1-4H3,(H,16,17). The Hall–Kier alpha value is -1.31. The number of benzene rings is 1. The van der Waals surface area contributed by atoms with Gasteiger partial charge in [-0.25, -0.2) is 0 Å². The van der Waals surface area contributed by atoms with Gasteiger partial charge in [-0.15, -0.1) is 0 Å². The predicted molar refractivity (Wildman–Crippen MR) is 70.2 cm³/mol. The third-order valence-corrected chi connectivity index (χ3v) is 3.43. The summed E-state index contributed by atoms with van der Waals surface area (Å²) < 4.78 is 0. The highest BCUT2D eigenvalue weighted by atomic mass is 16.1. The van der Waals surface area contributed by atoms with E-state index in [1.807, 2.05) is 24.3 Å². The van der Waals surface area contributed by atoms with E-state index in [0.29, 0.717) is 0 Å². The van der Waals surface area contributed by atoms with Crippen LogP contribution >= 0.6 is 0 Å². The number of nitrogens with one attached hydrogen (secondary N) is 1. The summed E-state index contributed by atoms with van der Waals surface area (Å²) in [6.45, 7) is 8.61. The Morgan fingerprint density at radius 2 is 1.71 bits per heavy atom. The van der Waals surface area contributed by atoms with Crippen molar-refractivity contribution in [3.63, 3.8) is 0 Å². The minimum Gasteiger partial charge on any atom is -0.347 e. The van der Waals surface area contributed by atoms with E-state index in [9.17, 15) is 4.79 Å². The van der Waals surface area contributed by atoms with Crippen molar-refractivity contribution in [3.8, 4) is 0 Å². The molecule has 2 nitrogen and oxygen atoms in total. The molecule has 0 unspecified atom stereocenters. The van der Waals surface area contributed by atoms with E-state index >= 15 is 0 Å². The highest BCUT2D eigenvalue weighted by Gasteiger charge is 2.38. The normalized spacial score (nSPS) is 17.6. The van der Waals surface area contributed by atoms with Crippen LogP contribution < -0.4 is 5.32 Å². The lowest BCUT2D eigenvalue weighted by Gasteiger charge is -2.19. The van der Waals surface area contributed by atoms with Gasteiger partial charge in [0.15, 0.2) is 0 Å². The average molecular weight is 231 g/mol. The molecule has 1 amide bonds. The number of hydrogen-bond donors (Lipinski definition) is 1. The maximum absolute atomic E-state index is 12.0. The van der Waals surface area contributed by atoms with Gasteiger partial charge in [-0.2, -0.15) is 0 Å². The Kier molecular flexibility index (Phi) is 2.76. The van der Waals surface area contributed by atoms with E-state index < -0.39 is 0 Å². The number of rotatable bonds is 2. The van der Waals surface area contributed by atoms with Crippen molar-refractivity contribution in [2.24, 2.45) is 0 Å². The zero-order chi connectivity index (χ0) is 12.7. The Morgan fingerprint density at radius 1 is 1.18 bits per heavy atom. The number of amides is 1. The van der Waals surface area contributed by atoms with E-state index in [1.54, 1.807) is 0 Å². The molecule has 0 heterocycles. The van der Waals surface area contributed by atoms with Crippen LogP contribution in [0.15, 0.2) is 24.3 Å². The SMILES string of the molecule is CC1(NC(=O)c2ccc(C(C)(C)C)cc2)CC1. The summed E-state index contributed by atoms with van der Waals surface area (Å²) in [6, 6.07) is 7.93. The second-order valence-electron chi connectivity index (χ2n) is 6.34. The van der Waals surface area contributed by atoms with Crippen LogP contribution in [0.4, 0.5) is 0 Å². The molecule has 0 radical (unpaired) electrons. The van der Waals surface area contributed by atoms with Gasteiger partial charge in [0.1, 0.15) is 0 Å². The van der Waals surface area contributed by atoms with Gasteiger partial charge < -0.3 is 5.32 Å². The molecule has 0 spiro atoms. The lowest BCUT2D eigenvalue weighted by molar-refractivity contribution is 0.0935. The van der Waals surface area contributed by atoms with Gasteiger partial charge in [-0.05, 0) is 42.9 Å². The number of hydrogen-bond acceptors (Lipinski definition) is 1. The summed E-state index contributed by atoms with van der Waals surface area (Å²) in [4.78, 5) is 12.0. The Balaban J connectivity index is 2.10. The van der Waals surface area contributed by atoms with Crippen molar-refractivity contribution in [1.82, 2.24) is 5.32 Å². The summed E-state index contributed by atoms with van der Waals surface area (Å²) >= 11 is 0. The van der Waals surface area contributed by atoms with Crippen molar-refractivity contribution in [2.45, 2.75) is 51.5 Å². The topological polar surface area (TPSA) is 29.1 Å². The molecule has 17 heavy (non-hydrogen) atoms. The van der Waals surface area contributed by atoms with E-state index in [0.717, 1.165) is 18.4 Å². The van der Waals surface area contributed by atoms with Crippen molar-refractivity contribution < 1.29 is 4.79 Å². The minimum atomic E-state index is 0.0467. The molecule has 2 heteroatoms. The van der Waals surface area contributed by atoms with Crippen molar-refractivity contribution in [2.75, 3.05) is 0 Å². The van der Waals surface area contributed by atoms with E-state index in [-0.39, 0.29) is 16.9 Å². The van der Waals surface area contributed by atoms with Crippen molar-refractivity contribution in [1.29, 1.82) is 0 Å². The highest BCUT2D eigenvalue weighted by Crippen LogP contribution is 2.34.